The largest absolute Gasteiger partial charge is 0.466 e. The quantitative estimate of drug-likeness (QED) is 0.723. The molecule has 0 aliphatic carbocycles. The smallest absolute Gasteiger partial charge is 0.306 e. The Morgan fingerprint density at radius 2 is 2.05 bits per heavy atom. The van der Waals surface area contributed by atoms with Gasteiger partial charge in [0.2, 0.25) is 5.91 Å². The molecule has 0 aromatic heterocycles. The molecular formula is C15H25NO4. The lowest BCUT2D eigenvalue weighted by Crippen LogP contribution is -2.45. The summed E-state index contributed by atoms with van der Waals surface area (Å²) in [5, 5.41) is 0. The van der Waals surface area contributed by atoms with E-state index in [0.717, 1.165) is 38.8 Å². The second-order valence-corrected chi connectivity index (χ2v) is 5.51. The summed E-state index contributed by atoms with van der Waals surface area (Å²) >= 11 is 0. The first kappa shape index (κ1) is 15.3. The number of carbonyl (C=O) groups excluding carboxylic acids is 2. The Bertz CT molecular complexity index is 339. The Hall–Kier alpha value is -1.10. The number of ether oxygens (including phenoxy) is 2. The highest BCUT2D eigenvalue weighted by Gasteiger charge is 2.35. The minimum absolute atomic E-state index is 0.0646. The van der Waals surface area contributed by atoms with E-state index in [4.69, 9.17) is 9.47 Å². The molecule has 2 aliphatic heterocycles. The molecule has 1 amide bonds. The summed E-state index contributed by atoms with van der Waals surface area (Å²) in [6.07, 6.45) is 6.05. The van der Waals surface area contributed by atoms with Crippen molar-refractivity contribution in [2.45, 2.75) is 64.0 Å². The standard InChI is InChI=1S/C15H25NO4/c1-2-19-15(18)9-8-14(17)16-10-5-6-12(16)13-7-3-4-11-20-13/h12-13H,2-11H2,1H3. The van der Waals surface area contributed by atoms with E-state index < -0.39 is 0 Å². The zero-order valence-electron chi connectivity index (χ0n) is 12.3. The summed E-state index contributed by atoms with van der Waals surface area (Å²) in [6.45, 7) is 3.75. The van der Waals surface area contributed by atoms with Gasteiger partial charge in [0, 0.05) is 19.6 Å². The van der Waals surface area contributed by atoms with Gasteiger partial charge in [0.1, 0.15) is 0 Å². The maximum absolute atomic E-state index is 12.3. The third kappa shape index (κ3) is 3.95. The van der Waals surface area contributed by atoms with Crippen molar-refractivity contribution in [2.75, 3.05) is 19.8 Å². The molecule has 2 unspecified atom stereocenters. The molecule has 2 heterocycles. The highest BCUT2D eigenvalue weighted by atomic mass is 16.5. The van der Waals surface area contributed by atoms with E-state index >= 15 is 0 Å². The molecule has 0 aromatic carbocycles. The van der Waals surface area contributed by atoms with E-state index in [1.807, 2.05) is 4.90 Å². The van der Waals surface area contributed by atoms with E-state index in [2.05, 4.69) is 0 Å². The van der Waals surface area contributed by atoms with Crippen molar-refractivity contribution >= 4 is 11.9 Å². The summed E-state index contributed by atoms with van der Waals surface area (Å²) in [5.74, 6) is -0.222. The second-order valence-electron chi connectivity index (χ2n) is 5.51. The van der Waals surface area contributed by atoms with Crippen molar-refractivity contribution in [3.63, 3.8) is 0 Å². The van der Waals surface area contributed by atoms with Crippen molar-refractivity contribution in [3.05, 3.63) is 0 Å². The number of hydrogen-bond acceptors (Lipinski definition) is 4. The van der Waals surface area contributed by atoms with Crippen molar-refractivity contribution < 1.29 is 19.1 Å². The minimum Gasteiger partial charge on any atom is -0.466 e. The maximum Gasteiger partial charge on any atom is 0.306 e. The maximum atomic E-state index is 12.3. The van der Waals surface area contributed by atoms with E-state index in [9.17, 15) is 9.59 Å². The lowest BCUT2D eigenvalue weighted by Gasteiger charge is -2.34. The molecule has 0 spiro atoms. The molecule has 5 nitrogen and oxygen atoms in total. The molecule has 2 rings (SSSR count). The average molecular weight is 283 g/mol. The topological polar surface area (TPSA) is 55.8 Å². The predicted molar refractivity (Wildman–Crippen MR) is 74.2 cm³/mol. The van der Waals surface area contributed by atoms with Crippen LogP contribution in [-0.4, -0.2) is 48.7 Å². The number of rotatable bonds is 5. The van der Waals surface area contributed by atoms with Crippen molar-refractivity contribution in [1.82, 2.24) is 4.90 Å². The lowest BCUT2D eigenvalue weighted by molar-refractivity contribution is -0.146. The van der Waals surface area contributed by atoms with Gasteiger partial charge in [-0.2, -0.15) is 0 Å². The van der Waals surface area contributed by atoms with Crippen LogP contribution in [0.2, 0.25) is 0 Å². The fourth-order valence-corrected chi connectivity index (χ4v) is 3.14. The van der Waals surface area contributed by atoms with Gasteiger partial charge in [-0.15, -0.1) is 0 Å². The molecule has 0 aromatic rings. The van der Waals surface area contributed by atoms with Gasteiger partial charge < -0.3 is 14.4 Å². The number of hydrogen-bond donors (Lipinski definition) is 0. The molecule has 2 saturated heterocycles. The number of nitrogens with zero attached hydrogens (tertiary/aromatic N) is 1. The average Bonchev–Trinajstić information content (AvgIpc) is 2.95. The highest BCUT2D eigenvalue weighted by molar-refractivity contribution is 5.81. The summed E-state index contributed by atoms with van der Waals surface area (Å²) in [6, 6.07) is 0.213. The molecule has 2 fully saturated rings. The Kier molecular flexibility index (Phi) is 5.83. The highest BCUT2D eigenvalue weighted by Crippen LogP contribution is 2.28. The Morgan fingerprint density at radius 1 is 1.20 bits per heavy atom. The van der Waals surface area contributed by atoms with E-state index in [0.29, 0.717) is 6.61 Å². The zero-order chi connectivity index (χ0) is 14.4. The third-order valence-electron chi connectivity index (χ3n) is 4.11. The fourth-order valence-electron chi connectivity index (χ4n) is 3.14. The van der Waals surface area contributed by atoms with Gasteiger partial charge in [-0.05, 0) is 39.0 Å². The molecule has 0 radical (unpaired) electrons. The van der Waals surface area contributed by atoms with E-state index in [-0.39, 0.29) is 36.9 Å². The van der Waals surface area contributed by atoms with Crippen molar-refractivity contribution in [3.8, 4) is 0 Å². The summed E-state index contributed by atoms with van der Waals surface area (Å²) in [5.41, 5.74) is 0. The molecule has 5 heteroatoms. The number of esters is 1. The number of amides is 1. The van der Waals surface area contributed by atoms with Crippen LogP contribution in [0.4, 0.5) is 0 Å². The van der Waals surface area contributed by atoms with Gasteiger partial charge in [-0.3, -0.25) is 9.59 Å². The molecule has 20 heavy (non-hydrogen) atoms. The Balaban J connectivity index is 1.82. The number of likely N-dealkylation sites (tertiary alicyclic amines) is 1. The Labute approximate surface area is 120 Å². The van der Waals surface area contributed by atoms with Crippen molar-refractivity contribution in [1.29, 1.82) is 0 Å². The van der Waals surface area contributed by atoms with Gasteiger partial charge >= 0.3 is 5.97 Å². The van der Waals surface area contributed by atoms with Crippen LogP contribution in [0.15, 0.2) is 0 Å². The van der Waals surface area contributed by atoms with Gasteiger partial charge in [0.15, 0.2) is 0 Å². The lowest BCUT2D eigenvalue weighted by atomic mass is 10.00. The van der Waals surface area contributed by atoms with Crippen LogP contribution in [0.5, 0.6) is 0 Å². The Morgan fingerprint density at radius 3 is 2.75 bits per heavy atom. The summed E-state index contributed by atoms with van der Waals surface area (Å²) in [4.78, 5) is 25.5. The molecule has 2 aliphatic rings. The first-order valence-electron chi connectivity index (χ1n) is 7.79. The minimum atomic E-state index is -0.287. The third-order valence-corrected chi connectivity index (χ3v) is 4.11. The predicted octanol–water partition coefficient (Wildman–Crippen LogP) is 1.89. The van der Waals surface area contributed by atoms with Crippen molar-refractivity contribution in [2.24, 2.45) is 0 Å². The first-order chi connectivity index (χ1) is 9.72. The second kappa shape index (κ2) is 7.62. The SMILES string of the molecule is CCOC(=O)CCC(=O)N1CCCC1C1CCCCO1. The molecule has 2 atom stereocenters. The van der Waals surface area contributed by atoms with Gasteiger partial charge in [0.25, 0.3) is 0 Å². The van der Waals surface area contributed by atoms with Crippen LogP contribution >= 0.6 is 0 Å². The normalized spacial score (nSPS) is 26.6. The van der Waals surface area contributed by atoms with Gasteiger partial charge in [-0.1, -0.05) is 0 Å². The fraction of sp³-hybridized carbons (Fsp3) is 0.867. The van der Waals surface area contributed by atoms with Crippen LogP contribution in [0.3, 0.4) is 0 Å². The van der Waals surface area contributed by atoms with Crippen LogP contribution < -0.4 is 0 Å². The van der Waals surface area contributed by atoms with Gasteiger partial charge in [-0.25, -0.2) is 0 Å². The van der Waals surface area contributed by atoms with Crippen LogP contribution in [0.1, 0.15) is 51.9 Å². The zero-order valence-corrected chi connectivity index (χ0v) is 12.3. The van der Waals surface area contributed by atoms with Crippen LogP contribution in [0.25, 0.3) is 0 Å². The molecular weight excluding hydrogens is 258 g/mol. The first-order valence-corrected chi connectivity index (χ1v) is 7.79. The molecule has 0 N–H and O–H groups in total. The van der Waals surface area contributed by atoms with E-state index in [1.165, 1.54) is 6.42 Å². The van der Waals surface area contributed by atoms with Crippen LogP contribution in [-0.2, 0) is 19.1 Å². The summed E-state index contributed by atoms with van der Waals surface area (Å²) < 4.78 is 10.7. The molecule has 0 bridgehead atoms. The monoisotopic (exact) mass is 283 g/mol. The molecule has 114 valence electrons. The van der Waals surface area contributed by atoms with E-state index in [1.54, 1.807) is 6.92 Å². The van der Waals surface area contributed by atoms with Gasteiger partial charge in [0.05, 0.1) is 25.2 Å². The number of carbonyl (C=O) groups is 2. The summed E-state index contributed by atoms with van der Waals surface area (Å²) in [7, 11) is 0. The molecule has 0 saturated carbocycles. The van der Waals surface area contributed by atoms with Crippen LogP contribution in [0, 0.1) is 0 Å².